The Hall–Kier alpha value is -1.44. The molecule has 3 atom stereocenters. The molecule has 0 bridgehead atoms. The molecule has 1 aliphatic rings. The van der Waals surface area contributed by atoms with Crippen LogP contribution in [0, 0.1) is 11.8 Å². The maximum absolute atomic E-state index is 12.9. The molecule has 1 heterocycles. The molecule has 3 N–H and O–H groups in total. The van der Waals surface area contributed by atoms with Crippen LogP contribution in [0.1, 0.15) is 37.6 Å². The number of amides is 1. The Morgan fingerprint density at radius 2 is 1.96 bits per heavy atom. The summed E-state index contributed by atoms with van der Waals surface area (Å²) in [6.45, 7) is 7.30. The maximum Gasteiger partial charge on any atom is 0.251 e. The largest absolute Gasteiger partial charge is 0.348 e. The third-order valence-corrected chi connectivity index (χ3v) is 6.13. The minimum atomic E-state index is -3.59. The molecule has 2 unspecified atom stereocenters. The second-order valence-corrected chi connectivity index (χ2v) is 8.84. The van der Waals surface area contributed by atoms with E-state index in [1.807, 2.05) is 0 Å². The summed E-state index contributed by atoms with van der Waals surface area (Å²) in [5, 5.41) is 2.75. The van der Waals surface area contributed by atoms with Crippen LogP contribution in [-0.4, -0.2) is 44.3 Å². The highest BCUT2D eigenvalue weighted by atomic mass is 32.2. The number of rotatable bonds is 5. The number of nitrogens with one attached hydrogen (secondary N) is 1. The van der Waals surface area contributed by atoms with Crippen molar-refractivity contribution in [1.29, 1.82) is 0 Å². The molecular formula is C17H27N3O3S. The van der Waals surface area contributed by atoms with Gasteiger partial charge >= 0.3 is 0 Å². The molecule has 1 aromatic rings. The molecule has 1 aliphatic heterocycles. The highest BCUT2D eigenvalue weighted by Crippen LogP contribution is 2.27. The lowest BCUT2D eigenvalue weighted by Gasteiger charge is -2.34. The number of nitrogens with zero attached hydrogens (tertiary/aromatic N) is 1. The van der Waals surface area contributed by atoms with E-state index in [4.69, 9.17) is 5.73 Å². The fourth-order valence-corrected chi connectivity index (χ4v) is 4.84. The van der Waals surface area contributed by atoms with Crippen molar-refractivity contribution in [3.8, 4) is 0 Å². The zero-order valence-electron chi connectivity index (χ0n) is 14.5. The first kappa shape index (κ1) is 18.9. The van der Waals surface area contributed by atoms with Crippen molar-refractivity contribution in [3.63, 3.8) is 0 Å². The van der Waals surface area contributed by atoms with Crippen LogP contribution in [0.2, 0.25) is 0 Å². The number of carbonyl (C=O) groups is 1. The number of hydrogen-bond donors (Lipinski definition) is 2. The summed E-state index contributed by atoms with van der Waals surface area (Å²) in [5.74, 6) is 0.353. The summed E-state index contributed by atoms with van der Waals surface area (Å²) in [4.78, 5) is 12.4. The van der Waals surface area contributed by atoms with Crippen LogP contribution < -0.4 is 11.1 Å². The first-order chi connectivity index (χ1) is 11.2. The zero-order chi connectivity index (χ0) is 17.9. The molecular weight excluding hydrogens is 326 g/mol. The molecule has 0 spiro atoms. The van der Waals surface area contributed by atoms with Gasteiger partial charge < -0.3 is 11.1 Å². The second kappa shape index (κ2) is 7.63. The molecule has 1 aromatic carbocycles. The van der Waals surface area contributed by atoms with Crippen LogP contribution in [0.25, 0.3) is 0 Å². The van der Waals surface area contributed by atoms with Crippen LogP contribution >= 0.6 is 0 Å². The van der Waals surface area contributed by atoms with E-state index in [9.17, 15) is 13.2 Å². The van der Waals surface area contributed by atoms with E-state index in [0.29, 0.717) is 37.0 Å². The molecule has 134 valence electrons. The van der Waals surface area contributed by atoms with Gasteiger partial charge in [0.15, 0.2) is 0 Å². The van der Waals surface area contributed by atoms with E-state index in [0.717, 1.165) is 6.42 Å². The molecule has 2 rings (SSSR count). The first-order valence-electron chi connectivity index (χ1n) is 8.35. The Balaban J connectivity index is 2.25. The Morgan fingerprint density at radius 3 is 2.54 bits per heavy atom. The third kappa shape index (κ3) is 4.34. The molecule has 0 saturated carbocycles. The van der Waals surface area contributed by atoms with E-state index in [1.165, 1.54) is 10.4 Å². The minimum Gasteiger partial charge on any atom is -0.348 e. The van der Waals surface area contributed by atoms with E-state index in [2.05, 4.69) is 19.2 Å². The van der Waals surface area contributed by atoms with Gasteiger partial charge in [0, 0.05) is 31.2 Å². The quantitative estimate of drug-likeness (QED) is 0.837. The number of hydrogen-bond acceptors (Lipinski definition) is 4. The molecule has 0 aliphatic carbocycles. The Labute approximate surface area is 144 Å². The van der Waals surface area contributed by atoms with Gasteiger partial charge in [0.05, 0.1) is 4.90 Å². The first-order valence-corrected chi connectivity index (χ1v) is 9.79. The number of sulfonamides is 1. The van der Waals surface area contributed by atoms with Crippen molar-refractivity contribution >= 4 is 15.9 Å². The maximum atomic E-state index is 12.9. The van der Waals surface area contributed by atoms with Crippen molar-refractivity contribution < 1.29 is 13.2 Å². The van der Waals surface area contributed by atoms with Crippen LogP contribution in [0.4, 0.5) is 0 Å². The predicted molar refractivity (Wildman–Crippen MR) is 94.1 cm³/mol. The number of nitrogens with two attached hydrogens (primary N) is 1. The molecule has 0 radical (unpaired) electrons. The van der Waals surface area contributed by atoms with Crippen molar-refractivity contribution in [2.75, 3.05) is 19.6 Å². The Kier molecular flexibility index (Phi) is 6.01. The second-order valence-electron chi connectivity index (χ2n) is 6.91. The van der Waals surface area contributed by atoms with Crippen LogP contribution in [-0.2, 0) is 10.0 Å². The van der Waals surface area contributed by atoms with Gasteiger partial charge in [-0.2, -0.15) is 4.31 Å². The highest BCUT2D eigenvalue weighted by Gasteiger charge is 2.31. The zero-order valence-corrected chi connectivity index (χ0v) is 15.3. The standard InChI is InChI=1S/C17H27N3O3S/c1-12-7-13(2)11-20(10-12)24(22,23)16-6-4-5-15(8-16)17(21)19-14(3)9-18/h4-6,8,12-14H,7,9-11,18H2,1-3H3,(H,19,21)/t12?,13?,14-/m0/s1. The Morgan fingerprint density at radius 1 is 1.33 bits per heavy atom. The minimum absolute atomic E-state index is 0.164. The van der Waals surface area contributed by atoms with Gasteiger partial charge in [0.1, 0.15) is 0 Å². The summed E-state index contributed by atoms with van der Waals surface area (Å²) in [6.07, 6.45) is 1.03. The smallest absolute Gasteiger partial charge is 0.251 e. The van der Waals surface area contributed by atoms with Gasteiger partial charge in [-0.05, 0) is 43.4 Å². The average molecular weight is 353 g/mol. The monoisotopic (exact) mass is 353 g/mol. The normalized spacial score (nSPS) is 23.7. The highest BCUT2D eigenvalue weighted by molar-refractivity contribution is 7.89. The number of piperidine rings is 1. The van der Waals surface area contributed by atoms with Crippen LogP contribution in [0.5, 0.6) is 0 Å². The molecule has 1 saturated heterocycles. The topological polar surface area (TPSA) is 92.5 Å². The lowest BCUT2D eigenvalue weighted by molar-refractivity contribution is 0.0941. The van der Waals surface area contributed by atoms with Gasteiger partial charge in [0.25, 0.3) is 5.91 Å². The van der Waals surface area contributed by atoms with Gasteiger partial charge in [-0.1, -0.05) is 19.9 Å². The molecule has 1 amide bonds. The lowest BCUT2D eigenvalue weighted by atomic mass is 9.94. The molecule has 24 heavy (non-hydrogen) atoms. The van der Waals surface area contributed by atoms with E-state index in [-0.39, 0.29) is 16.8 Å². The van der Waals surface area contributed by atoms with Crippen molar-refractivity contribution in [1.82, 2.24) is 9.62 Å². The van der Waals surface area contributed by atoms with Crippen molar-refractivity contribution in [2.24, 2.45) is 17.6 Å². The summed E-state index contributed by atoms with van der Waals surface area (Å²) in [5.41, 5.74) is 5.83. The molecule has 6 nitrogen and oxygen atoms in total. The molecule has 1 fully saturated rings. The lowest BCUT2D eigenvalue weighted by Crippen LogP contribution is -2.42. The third-order valence-electron chi connectivity index (χ3n) is 4.30. The summed E-state index contributed by atoms with van der Waals surface area (Å²) >= 11 is 0. The van der Waals surface area contributed by atoms with Gasteiger partial charge in [0.2, 0.25) is 10.0 Å². The van der Waals surface area contributed by atoms with Crippen LogP contribution in [0.3, 0.4) is 0 Å². The fourth-order valence-electron chi connectivity index (χ4n) is 3.11. The van der Waals surface area contributed by atoms with Gasteiger partial charge in [-0.3, -0.25) is 4.79 Å². The SMILES string of the molecule is CC1CC(C)CN(S(=O)(=O)c2cccc(C(=O)N[C@@H](C)CN)c2)C1. The summed E-state index contributed by atoms with van der Waals surface area (Å²) in [6, 6.07) is 6.03. The van der Waals surface area contributed by atoms with Gasteiger partial charge in [-0.25, -0.2) is 8.42 Å². The number of carbonyl (C=O) groups excluding carboxylic acids is 1. The summed E-state index contributed by atoms with van der Waals surface area (Å²) < 4.78 is 27.3. The number of benzene rings is 1. The van der Waals surface area contributed by atoms with E-state index < -0.39 is 10.0 Å². The van der Waals surface area contributed by atoms with E-state index >= 15 is 0 Å². The Bertz CT molecular complexity index is 680. The van der Waals surface area contributed by atoms with Crippen LogP contribution in [0.15, 0.2) is 29.2 Å². The van der Waals surface area contributed by atoms with Crippen molar-refractivity contribution in [2.45, 2.75) is 38.1 Å². The molecule has 7 heteroatoms. The fraction of sp³-hybridized carbons (Fsp3) is 0.588. The average Bonchev–Trinajstić information content (AvgIpc) is 2.53. The predicted octanol–water partition coefficient (Wildman–Crippen LogP) is 1.43. The van der Waals surface area contributed by atoms with Crippen molar-refractivity contribution in [3.05, 3.63) is 29.8 Å². The summed E-state index contributed by atoms with van der Waals surface area (Å²) in [7, 11) is -3.59. The molecule has 0 aromatic heterocycles. The van der Waals surface area contributed by atoms with E-state index in [1.54, 1.807) is 25.1 Å². The van der Waals surface area contributed by atoms with Gasteiger partial charge in [-0.15, -0.1) is 0 Å².